The summed E-state index contributed by atoms with van der Waals surface area (Å²) in [5, 5.41) is 0. The molecule has 0 radical (unpaired) electrons. The Labute approximate surface area is 129 Å². The molecular weight excluding hydrogens is 282 g/mol. The van der Waals surface area contributed by atoms with Crippen molar-refractivity contribution in [2.24, 2.45) is 5.92 Å². The quantitative estimate of drug-likeness (QED) is 0.797. The molecule has 7 heteroatoms. The standard InChI is InChI=1S/C15H19N5O2/c1-11-16-5-8-20(11)14-9-13(17-10-18-14)19-6-3-12(4-7-19)15(21)22-2/h5,8-10,12H,3-4,6-7H2,1-2H3. The molecule has 1 aliphatic rings. The van der Waals surface area contributed by atoms with Crippen molar-refractivity contribution in [2.45, 2.75) is 19.8 Å². The van der Waals surface area contributed by atoms with Gasteiger partial charge in [-0.15, -0.1) is 0 Å². The highest BCUT2D eigenvalue weighted by atomic mass is 16.5. The number of aryl methyl sites for hydroxylation is 1. The molecule has 7 nitrogen and oxygen atoms in total. The average molecular weight is 301 g/mol. The van der Waals surface area contributed by atoms with Gasteiger partial charge in [0.25, 0.3) is 0 Å². The van der Waals surface area contributed by atoms with Crippen LogP contribution in [0.4, 0.5) is 5.82 Å². The van der Waals surface area contributed by atoms with Crippen LogP contribution >= 0.6 is 0 Å². The number of methoxy groups -OCH3 is 1. The highest BCUT2D eigenvalue weighted by molar-refractivity contribution is 5.72. The fourth-order valence-corrected chi connectivity index (χ4v) is 2.77. The van der Waals surface area contributed by atoms with Crippen LogP contribution in [0.5, 0.6) is 0 Å². The molecule has 0 amide bonds. The number of carbonyl (C=O) groups excluding carboxylic acids is 1. The minimum Gasteiger partial charge on any atom is -0.469 e. The van der Waals surface area contributed by atoms with E-state index >= 15 is 0 Å². The van der Waals surface area contributed by atoms with Crippen LogP contribution in [-0.2, 0) is 9.53 Å². The van der Waals surface area contributed by atoms with Gasteiger partial charge in [0.05, 0.1) is 13.0 Å². The van der Waals surface area contributed by atoms with E-state index in [0.717, 1.165) is 43.4 Å². The van der Waals surface area contributed by atoms with Crippen molar-refractivity contribution in [1.29, 1.82) is 0 Å². The molecule has 3 heterocycles. The number of piperidine rings is 1. The maximum atomic E-state index is 11.6. The maximum absolute atomic E-state index is 11.6. The molecule has 0 aliphatic carbocycles. The molecule has 116 valence electrons. The molecule has 0 N–H and O–H groups in total. The fourth-order valence-electron chi connectivity index (χ4n) is 2.77. The first-order valence-corrected chi connectivity index (χ1v) is 7.34. The van der Waals surface area contributed by atoms with E-state index in [1.807, 2.05) is 23.8 Å². The van der Waals surface area contributed by atoms with Gasteiger partial charge in [-0.2, -0.15) is 0 Å². The molecule has 0 aromatic carbocycles. The zero-order valence-corrected chi connectivity index (χ0v) is 12.8. The van der Waals surface area contributed by atoms with Gasteiger partial charge in [-0.25, -0.2) is 15.0 Å². The first-order chi connectivity index (χ1) is 10.7. The molecule has 22 heavy (non-hydrogen) atoms. The summed E-state index contributed by atoms with van der Waals surface area (Å²) < 4.78 is 6.74. The van der Waals surface area contributed by atoms with Gasteiger partial charge in [0.15, 0.2) is 0 Å². The van der Waals surface area contributed by atoms with Crippen LogP contribution in [0.15, 0.2) is 24.8 Å². The van der Waals surface area contributed by atoms with Crippen molar-refractivity contribution < 1.29 is 9.53 Å². The average Bonchev–Trinajstić information content (AvgIpc) is 3.00. The summed E-state index contributed by atoms with van der Waals surface area (Å²) in [5.74, 6) is 2.45. The van der Waals surface area contributed by atoms with Crippen LogP contribution in [0.25, 0.3) is 5.82 Å². The second-order valence-corrected chi connectivity index (χ2v) is 5.36. The fraction of sp³-hybridized carbons (Fsp3) is 0.467. The highest BCUT2D eigenvalue weighted by Gasteiger charge is 2.26. The Bertz CT molecular complexity index is 661. The Morgan fingerprint density at radius 3 is 2.59 bits per heavy atom. The third-order valence-corrected chi connectivity index (χ3v) is 4.06. The molecule has 2 aromatic rings. The van der Waals surface area contributed by atoms with E-state index in [4.69, 9.17) is 4.74 Å². The van der Waals surface area contributed by atoms with Gasteiger partial charge in [-0.1, -0.05) is 0 Å². The third kappa shape index (κ3) is 2.79. The summed E-state index contributed by atoms with van der Waals surface area (Å²) in [6.45, 7) is 3.52. The van der Waals surface area contributed by atoms with E-state index in [1.165, 1.54) is 7.11 Å². The lowest BCUT2D eigenvalue weighted by Gasteiger charge is -2.31. The van der Waals surface area contributed by atoms with Crippen molar-refractivity contribution in [3.05, 3.63) is 30.6 Å². The molecule has 1 fully saturated rings. The Kier molecular flexibility index (Phi) is 4.04. The number of ether oxygens (including phenoxy) is 1. The lowest BCUT2D eigenvalue weighted by atomic mass is 9.97. The van der Waals surface area contributed by atoms with Crippen molar-refractivity contribution in [2.75, 3.05) is 25.1 Å². The smallest absolute Gasteiger partial charge is 0.308 e. The summed E-state index contributed by atoms with van der Waals surface area (Å²) >= 11 is 0. The minimum atomic E-state index is -0.114. The number of imidazole rings is 1. The van der Waals surface area contributed by atoms with Crippen LogP contribution in [0.1, 0.15) is 18.7 Å². The van der Waals surface area contributed by atoms with E-state index in [0.29, 0.717) is 0 Å². The molecule has 0 bridgehead atoms. The molecule has 0 atom stereocenters. The van der Waals surface area contributed by atoms with Crippen LogP contribution in [0.3, 0.4) is 0 Å². The lowest BCUT2D eigenvalue weighted by molar-refractivity contribution is -0.146. The molecule has 0 spiro atoms. The SMILES string of the molecule is COC(=O)C1CCN(c2cc(-n3ccnc3C)ncn2)CC1. The number of esters is 1. The molecule has 1 aliphatic heterocycles. The molecule has 1 saturated heterocycles. The Morgan fingerprint density at radius 2 is 1.95 bits per heavy atom. The number of aromatic nitrogens is 4. The van der Waals surface area contributed by atoms with Crippen molar-refractivity contribution >= 4 is 11.8 Å². The summed E-state index contributed by atoms with van der Waals surface area (Å²) in [6, 6.07) is 1.95. The number of nitrogens with zero attached hydrogens (tertiary/aromatic N) is 5. The summed E-state index contributed by atoms with van der Waals surface area (Å²) in [5.41, 5.74) is 0. The van der Waals surface area contributed by atoms with Gasteiger partial charge in [0.1, 0.15) is 23.8 Å². The van der Waals surface area contributed by atoms with E-state index in [-0.39, 0.29) is 11.9 Å². The number of rotatable bonds is 3. The number of hydrogen-bond donors (Lipinski definition) is 0. The van der Waals surface area contributed by atoms with Gasteiger partial charge in [0.2, 0.25) is 0 Å². The molecular formula is C15H19N5O2. The van der Waals surface area contributed by atoms with Gasteiger partial charge in [-0.3, -0.25) is 9.36 Å². The number of carbonyl (C=O) groups is 1. The maximum Gasteiger partial charge on any atom is 0.308 e. The van der Waals surface area contributed by atoms with Crippen molar-refractivity contribution in [3.63, 3.8) is 0 Å². The van der Waals surface area contributed by atoms with Crippen molar-refractivity contribution in [1.82, 2.24) is 19.5 Å². The van der Waals surface area contributed by atoms with E-state index in [9.17, 15) is 4.79 Å². The van der Waals surface area contributed by atoms with Crippen LogP contribution in [0, 0.1) is 12.8 Å². The Hall–Kier alpha value is -2.44. The van der Waals surface area contributed by atoms with Crippen LogP contribution in [0.2, 0.25) is 0 Å². The van der Waals surface area contributed by atoms with Gasteiger partial charge in [0, 0.05) is 31.5 Å². The monoisotopic (exact) mass is 301 g/mol. The van der Waals surface area contributed by atoms with Gasteiger partial charge < -0.3 is 9.64 Å². The molecule has 2 aromatic heterocycles. The first-order valence-electron chi connectivity index (χ1n) is 7.34. The normalized spacial score (nSPS) is 15.8. The molecule has 3 rings (SSSR count). The van der Waals surface area contributed by atoms with E-state index in [1.54, 1.807) is 12.5 Å². The zero-order valence-electron chi connectivity index (χ0n) is 12.8. The van der Waals surface area contributed by atoms with Crippen molar-refractivity contribution in [3.8, 4) is 5.82 Å². The Balaban J connectivity index is 1.74. The van der Waals surface area contributed by atoms with E-state index < -0.39 is 0 Å². The topological polar surface area (TPSA) is 73.1 Å². The summed E-state index contributed by atoms with van der Waals surface area (Å²) in [6.07, 6.45) is 6.77. The molecule has 0 unspecified atom stereocenters. The Morgan fingerprint density at radius 1 is 1.23 bits per heavy atom. The highest BCUT2D eigenvalue weighted by Crippen LogP contribution is 2.23. The van der Waals surface area contributed by atoms with Gasteiger partial charge in [-0.05, 0) is 19.8 Å². The van der Waals surface area contributed by atoms with E-state index in [2.05, 4.69) is 19.9 Å². The predicted molar refractivity (Wildman–Crippen MR) is 80.8 cm³/mol. The molecule has 0 saturated carbocycles. The summed E-state index contributed by atoms with van der Waals surface area (Å²) in [7, 11) is 1.44. The minimum absolute atomic E-state index is 0.00143. The third-order valence-electron chi connectivity index (χ3n) is 4.06. The second-order valence-electron chi connectivity index (χ2n) is 5.36. The number of hydrogen-bond acceptors (Lipinski definition) is 6. The van der Waals surface area contributed by atoms with Crippen LogP contribution < -0.4 is 4.90 Å². The largest absolute Gasteiger partial charge is 0.469 e. The second kappa shape index (κ2) is 6.13. The zero-order chi connectivity index (χ0) is 15.5. The summed E-state index contributed by atoms with van der Waals surface area (Å²) in [4.78, 5) is 26.6. The number of anilines is 1. The van der Waals surface area contributed by atoms with Gasteiger partial charge >= 0.3 is 5.97 Å². The first kappa shape index (κ1) is 14.5. The van der Waals surface area contributed by atoms with Crippen LogP contribution in [-0.4, -0.2) is 45.7 Å². The predicted octanol–water partition coefficient (Wildman–Crippen LogP) is 1.36. The lowest BCUT2D eigenvalue weighted by Crippen LogP contribution is -2.37.